The monoisotopic (exact) mass is 193 g/mol. The van der Waals surface area contributed by atoms with Gasteiger partial charge in [0.15, 0.2) is 0 Å². The van der Waals surface area contributed by atoms with Crippen molar-refractivity contribution in [2.24, 2.45) is 0 Å². The number of pyridine rings is 1. The second kappa shape index (κ2) is 3.23. The number of aromatic nitrogens is 1. The van der Waals surface area contributed by atoms with E-state index in [0.717, 1.165) is 15.9 Å². The maximum Gasteiger partial charge on any atom is 0.213 e. The van der Waals surface area contributed by atoms with E-state index >= 15 is 0 Å². The Kier molecular flexibility index (Phi) is 2.07. The minimum absolute atomic E-state index is 0.620. The van der Waals surface area contributed by atoms with Gasteiger partial charge in [-0.1, -0.05) is 11.6 Å². The van der Waals surface area contributed by atoms with Crippen molar-refractivity contribution in [2.45, 2.75) is 0 Å². The van der Waals surface area contributed by atoms with E-state index in [1.807, 2.05) is 30.3 Å². The summed E-state index contributed by atoms with van der Waals surface area (Å²) in [5.74, 6) is 0.620. The van der Waals surface area contributed by atoms with Crippen LogP contribution in [0.15, 0.2) is 30.3 Å². The highest BCUT2D eigenvalue weighted by Crippen LogP contribution is 2.20. The molecule has 3 heteroatoms. The Morgan fingerprint density at radius 1 is 1.23 bits per heavy atom. The van der Waals surface area contributed by atoms with Crippen molar-refractivity contribution in [3.05, 3.63) is 35.4 Å². The van der Waals surface area contributed by atoms with E-state index < -0.39 is 0 Å². The lowest BCUT2D eigenvalue weighted by Crippen LogP contribution is -1.87. The van der Waals surface area contributed by atoms with Crippen LogP contribution in [0.2, 0.25) is 5.02 Å². The molecule has 0 bridgehead atoms. The van der Waals surface area contributed by atoms with E-state index in [1.165, 1.54) is 0 Å². The Morgan fingerprint density at radius 3 is 2.85 bits per heavy atom. The maximum atomic E-state index is 5.83. The second-order valence-corrected chi connectivity index (χ2v) is 3.13. The molecule has 13 heavy (non-hydrogen) atoms. The van der Waals surface area contributed by atoms with Crippen LogP contribution in [0.3, 0.4) is 0 Å². The quantitative estimate of drug-likeness (QED) is 0.695. The van der Waals surface area contributed by atoms with Gasteiger partial charge in [-0.15, -0.1) is 0 Å². The zero-order valence-corrected chi connectivity index (χ0v) is 7.88. The van der Waals surface area contributed by atoms with Crippen molar-refractivity contribution in [2.75, 3.05) is 7.11 Å². The number of methoxy groups -OCH3 is 1. The van der Waals surface area contributed by atoms with Crippen LogP contribution in [0, 0.1) is 0 Å². The first-order chi connectivity index (χ1) is 6.29. The molecule has 0 radical (unpaired) electrons. The van der Waals surface area contributed by atoms with Crippen molar-refractivity contribution in [1.82, 2.24) is 4.98 Å². The van der Waals surface area contributed by atoms with Crippen LogP contribution in [-0.4, -0.2) is 12.1 Å². The Morgan fingerprint density at radius 2 is 2.08 bits per heavy atom. The fourth-order valence-corrected chi connectivity index (χ4v) is 1.37. The fourth-order valence-electron chi connectivity index (χ4n) is 1.19. The minimum Gasteiger partial charge on any atom is -0.481 e. The standard InChI is InChI=1S/C10H8ClNO/c1-13-10-5-2-7-6-8(11)3-4-9(7)12-10/h2-6H,1H3. The largest absolute Gasteiger partial charge is 0.481 e. The highest BCUT2D eigenvalue weighted by molar-refractivity contribution is 6.31. The first-order valence-corrected chi connectivity index (χ1v) is 4.28. The number of halogens is 1. The molecule has 0 unspecified atom stereocenters. The van der Waals surface area contributed by atoms with E-state index in [4.69, 9.17) is 16.3 Å². The third-order valence-corrected chi connectivity index (χ3v) is 2.07. The molecule has 0 amide bonds. The lowest BCUT2D eigenvalue weighted by molar-refractivity contribution is 0.399. The first-order valence-electron chi connectivity index (χ1n) is 3.90. The molecule has 0 N–H and O–H groups in total. The third-order valence-electron chi connectivity index (χ3n) is 1.83. The van der Waals surface area contributed by atoms with Crippen LogP contribution in [-0.2, 0) is 0 Å². The van der Waals surface area contributed by atoms with Crippen LogP contribution < -0.4 is 4.74 Å². The van der Waals surface area contributed by atoms with Gasteiger partial charge in [-0.2, -0.15) is 0 Å². The average molecular weight is 194 g/mol. The van der Waals surface area contributed by atoms with E-state index in [2.05, 4.69) is 4.98 Å². The lowest BCUT2D eigenvalue weighted by atomic mass is 10.2. The van der Waals surface area contributed by atoms with Crippen LogP contribution >= 0.6 is 11.6 Å². The molecule has 0 atom stereocenters. The fraction of sp³-hybridized carbons (Fsp3) is 0.100. The normalized spacial score (nSPS) is 10.3. The van der Waals surface area contributed by atoms with Gasteiger partial charge in [-0.3, -0.25) is 0 Å². The predicted molar refractivity (Wildman–Crippen MR) is 53.3 cm³/mol. The first kappa shape index (κ1) is 8.32. The van der Waals surface area contributed by atoms with E-state index in [-0.39, 0.29) is 0 Å². The lowest BCUT2D eigenvalue weighted by Gasteiger charge is -2.00. The van der Waals surface area contributed by atoms with Crippen molar-refractivity contribution in [1.29, 1.82) is 0 Å². The molecule has 1 aromatic carbocycles. The average Bonchev–Trinajstić information content (AvgIpc) is 2.17. The van der Waals surface area contributed by atoms with E-state index in [1.54, 1.807) is 7.11 Å². The van der Waals surface area contributed by atoms with Crippen molar-refractivity contribution < 1.29 is 4.74 Å². The molecule has 2 nitrogen and oxygen atoms in total. The van der Waals surface area contributed by atoms with E-state index in [9.17, 15) is 0 Å². The summed E-state index contributed by atoms with van der Waals surface area (Å²) in [6.45, 7) is 0. The van der Waals surface area contributed by atoms with Crippen molar-refractivity contribution in [3.8, 4) is 5.88 Å². The summed E-state index contributed by atoms with van der Waals surface area (Å²) < 4.78 is 5.01. The van der Waals surface area contributed by atoms with Crippen molar-refractivity contribution >= 4 is 22.5 Å². The molecule has 66 valence electrons. The number of rotatable bonds is 1. The summed E-state index contributed by atoms with van der Waals surface area (Å²) in [6.07, 6.45) is 0. The van der Waals surface area contributed by atoms with Crippen LogP contribution in [0.25, 0.3) is 10.9 Å². The molecule has 0 fully saturated rings. The minimum atomic E-state index is 0.620. The smallest absolute Gasteiger partial charge is 0.213 e. The summed E-state index contributed by atoms with van der Waals surface area (Å²) in [6, 6.07) is 9.32. The Hall–Kier alpha value is -1.28. The summed E-state index contributed by atoms with van der Waals surface area (Å²) in [5, 5.41) is 1.74. The SMILES string of the molecule is COc1ccc2cc(Cl)ccc2n1. The number of ether oxygens (including phenoxy) is 1. The van der Waals surface area contributed by atoms with Gasteiger partial charge in [0.1, 0.15) is 0 Å². The van der Waals surface area contributed by atoms with Gasteiger partial charge in [0.25, 0.3) is 0 Å². The molecule has 0 aliphatic rings. The second-order valence-electron chi connectivity index (χ2n) is 2.69. The van der Waals surface area contributed by atoms with E-state index in [0.29, 0.717) is 5.88 Å². The zero-order valence-electron chi connectivity index (χ0n) is 7.12. The molecule has 0 aliphatic heterocycles. The Balaban J connectivity index is 2.66. The molecular weight excluding hydrogens is 186 g/mol. The highest BCUT2D eigenvalue weighted by Gasteiger charge is 1.97. The maximum absolute atomic E-state index is 5.83. The molecule has 0 saturated carbocycles. The highest BCUT2D eigenvalue weighted by atomic mass is 35.5. The number of hydrogen-bond donors (Lipinski definition) is 0. The summed E-state index contributed by atoms with van der Waals surface area (Å²) in [7, 11) is 1.60. The molecule has 2 rings (SSSR count). The van der Waals surface area contributed by atoms with Crippen LogP contribution in [0.4, 0.5) is 0 Å². The van der Waals surface area contributed by atoms with Gasteiger partial charge in [-0.25, -0.2) is 4.98 Å². The molecule has 1 aromatic heterocycles. The Labute approximate surface area is 81.1 Å². The van der Waals surface area contributed by atoms with Crippen LogP contribution in [0.1, 0.15) is 0 Å². The number of benzene rings is 1. The molecule has 0 spiro atoms. The number of fused-ring (bicyclic) bond motifs is 1. The van der Waals surface area contributed by atoms with Gasteiger partial charge < -0.3 is 4.74 Å². The van der Waals surface area contributed by atoms with Gasteiger partial charge in [0, 0.05) is 16.5 Å². The Bertz CT molecular complexity index is 442. The molecule has 0 aliphatic carbocycles. The van der Waals surface area contributed by atoms with Crippen LogP contribution in [0.5, 0.6) is 5.88 Å². The van der Waals surface area contributed by atoms with Crippen molar-refractivity contribution in [3.63, 3.8) is 0 Å². The number of hydrogen-bond acceptors (Lipinski definition) is 2. The van der Waals surface area contributed by atoms with Gasteiger partial charge in [0.2, 0.25) is 5.88 Å². The zero-order chi connectivity index (χ0) is 9.26. The molecule has 2 aromatic rings. The van der Waals surface area contributed by atoms with Gasteiger partial charge in [0.05, 0.1) is 12.6 Å². The summed E-state index contributed by atoms with van der Waals surface area (Å²) in [4.78, 5) is 4.25. The molecule has 0 saturated heterocycles. The third kappa shape index (κ3) is 1.58. The summed E-state index contributed by atoms with van der Waals surface area (Å²) in [5.41, 5.74) is 0.892. The van der Waals surface area contributed by atoms with Gasteiger partial charge in [-0.05, 0) is 24.3 Å². The summed E-state index contributed by atoms with van der Waals surface area (Å²) >= 11 is 5.83. The molecular formula is C10H8ClNO. The topological polar surface area (TPSA) is 22.1 Å². The number of nitrogens with zero attached hydrogens (tertiary/aromatic N) is 1. The molecule has 1 heterocycles. The predicted octanol–water partition coefficient (Wildman–Crippen LogP) is 2.90. The van der Waals surface area contributed by atoms with Gasteiger partial charge >= 0.3 is 0 Å².